The van der Waals surface area contributed by atoms with Crippen molar-refractivity contribution in [2.75, 3.05) is 26.0 Å². The molecule has 0 amide bonds. The highest BCUT2D eigenvalue weighted by atomic mass is 32.2. The van der Waals surface area contributed by atoms with E-state index in [1.54, 1.807) is 0 Å². The number of carbonyl (C=O) groups is 1. The van der Waals surface area contributed by atoms with Crippen molar-refractivity contribution in [2.45, 2.75) is 26.8 Å². The monoisotopic (exact) mass is 407 g/mol. The summed E-state index contributed by atoms with van der Waals surface area (Å²) >= 11 is 1.88. The van der Waals surface area contributed by atoms with E-state index in [1.165, 1.54) is 16.2 Å². The maximum absolute atomic E-state index is 12.8. The predicted octanol–water partition coefficient (Wildman–Crippen LogP) is 4.22. The summed E-state index contributed by atoms with van der Waals surface area (Å²) in [6.07, 6.45) is 7.27. The lowest BCUT2D eigenvalue weighted by molar-refractivity contribution is -0.690. The number of nitrogens with zero attached hydrogens (tertiary/aromatic N) is 2. The number of esters is 1. The van der Waals surface area contributed by atoms with E-state index in [4.69, 9.17) is 4.74 Å². The van der Waals surface area contributed by atoms with Gasteiger partial charge >= 0.3 is 5.97 Å². The standard InChI is InChI=1S/C24H27N2O2S/c1-4-28-24(27)23-17(2)19(9-7-11-22-25(3)14-15-29-22)16-21-20-10-6-5-8-18(20)12-13-26(21)23/h5-11,16H,4,12-15H2,1-3H3/q+1. The molecule has 3 heterocycles. The van der Waals surface area contributed by atoms with Gasteiger partial charge < -0.3 is 9.64 Å². The van der Waals surface area contributed by atoms with Gasteiger partial charge in [-0.05, 0) is 37.1 Å². The number of benzene rings is 1. The van der Waals surface area contributed by atoms with Crippen LogP contribution in [0.5, 0.6) is 0 Å². The van der Waals surface area contributed by atoms with Crippen molar-refractivity contribution in [1.82, 2.24) is 4.90 Å². The van der Waals surface area contributed by atoms with Crippen LogP contribution in [0.1, 0.15) is 34.1 Å². The van der Waals surface area contributed by atoms with Crippen LogP contribution in [0.4, 0.5) is 0 Å². The molecule has 29 heavy (non-hydrogen) atoms. The number of carbonyl (C=O) groups excluding carboxylic acids is 1. The number of thioether (sulfide) groups is 1. The molecule has 4 nitrogen and oxygen atoms in total. The van der Waals surface area contributed by atoms with E-state index in [0.717, 1.165) is 42.1 Å². The van der Waals surface area contributed by atoms with Gasteiger partial charge in [0.15, 0.2) is 6.54 Å². The Labute approximate surface area is 176 Å². The van der Waals surface area contributed by atoms with Gasteiger partial charge in [-0.15, -0.1) is 11.8 Å². The van der Waals surface area contributed by atoms with Crippen LogP contribution in [-0.4, -0.2) is 36.8 Å². The zero-order valence-electron chi connectivity index (χ0n) is 17.3. The average molecular weight is 408 g/mol. The summed E-state index contributed by atoms with van der Waals surface area (Å²) in [5.41, 5.74) is 6.29. The van der Waals surface area contributed by atoms with E-state index >= 15 is 0 Å². The molecular weight excluding hydrogens is 380 g/mol. The topological polar surface area (TPSA) is 33.4 Å². The van der Waals surface area contributed by atoms with Crippen LogP contribution in [-0.2, 0) is 17.7 Å². The van der Waals surface area contributed by atoms with Crippen LogP contribution in [0.3, 0.4) is 0 Å². The highest BCUT2D eigenvalue weighted by Crippen LogP contribution is 2.29. The number of hydrogen-bond donors (Lipinski definition) is 0. The first-order valence-corrected chi connectivity index (χ1v) is 11.1. The highest BCUT2D eigenvalue weighted by molar-refractivity contribution is 8.03. The van der Waals surface area contributed by atoms with E-state index in [-0.39, 0.29) is 5.97 Å². The quantitative estimate of drug-likeness (QED) is 0.561. The Kier molecular flexibility index (Phi) is 5.76. The first-order valence-electron chi connectivity index (χ1n) is 10.1. The van der Waals surface area contributed by atoms with Crippen molar-refractivity contribution >= 4 is 23.8 Å². The summed E-state index contributed by atoms with van der Waals surface area (Å²) in [6.45, 7) is 6.12. The molecule has 5 heteroatoms. The van der Waals surface area contributed by atoms with Gasteiger partial charge in [-0.25, -0.2) is 4.79 Å². The second-order valence-electron chi connectivity index (χ2n) is 7.37. The molecule has 0 radical (unpaired) electrons. The molecule has 1 saturated heterocycles. The van der Waals surface area contributed by atoms with Crippen molar-refractivity contribution in [3.63, 3.8) is 0 Å². The zero-order valence-corrected chi connectivity index (χ0v) is 18.1. The Balaban J connectivity index is 1.82. The van der Waals surface area contributed by atoms with Crippen LogP contribution in [0.15, 0.2) is 47.5 Å². The molecule has 0 saturated carbocycles. The number of rotatable bonds is 4. The average Bonchev–Trinajstić information content (AvgIpc) is 3.13. The van der Waals surface area contributed by atoms with Crippen molar-refractivity contribution < 1.29 is 14.1 Å². The molecule has 1 aromatic heterocycles. The normalized spacial score (nSPS) is 16.9. The van der Waals surface area contributed by atoms with Crippen LogP contribution >= 0.6 is 11.8 Å². The van der Waals surface area contributed by atoms with Crippen molar-refractivity contribution in [3.05, 3.63) is 69.9 Å². The van der Waals surface area contributed by atoms with Crippen LogP contribution < -0.4 is 4.57 Å². The molecule has 150 valence electrons. The fraction of sp³-hybridized carbons (Fsp3) is 0.333. The van der Waals surface area contributed by atoms with Gasteiger partial charge in [0.2, 0.25) is 5.69 Å². The molecule has 2 aliphatic heterocycles. The molecule has 2 aliphatic rings. The highest BCUT2D eigenvalue weighted by Gasteiger charge is 2.33. The largest absolute Gasteiger partial charge is 0.458 e. The summed E-state index contributed by atoms with van der Waals surface area (Å²) in [5, 5.41) is 1.28. The smallest absolute Gasteiger partial charge is 0.403 e. The van der Waals surface area contributed by atoms with Gasteiger partial charge in [0.1, 0.15) is 0 Å². The predicted molar refractivity (Wildman–Crippen MR) is 119 cm³/mol. The fourth-order valence-electron chi connectivity index (χ4n) is 4.02. The maximum atomic E-state index is 12.8. The molecule has 1 fully saturated rings. The van der Waals surface area contributed by atoms with Crippen molar-refractivity contribution in [3.8, 4) is 11.3 Å². The molecule has 0 spiro atoms. The maximum Gasteiger partial charge on any atom is 0.403 e. The van der Waals surface area contributed by atoms with Crippen LogP contribution in [0.2, 0.25) is 0 Å². The van der Waals surface area contributed by atoms with Gasteiger partial charge in [-0.2, -0.15) is 4.57 Å². The molecule has 1 aromatic carbocycles. The van der Waals surface area contributed by atoms with Crippen LogP contribution in [0.25, 0.3) is 17.3 Å². The Bertz CT molecular complexity index is 1010. The summed E-state index contributed by atoms with van der Waals surface area (Å²) in [5.74, 6) is 0.888. The molecule has 0 aliphatic carbocycles. The summed E-state index contributed by atoms with van der Waals surface area (Å²) in [7, 11) is 2.12. The van der Waals surface area contributed by atoms with Gasteiger partial charge in [0, 0.05) is 43.0 Å². The SMILES string of the molecule is CCOC(=O)c1c(C)c(/C=C/C=C2\SCCN2C)cc2[n+]1CCc1ccccc1-2. The molecule has 0 N–H and O–H groups in total. The van der Waals surface area contributed by atoms with Gasteiger partial charge in [-0.1, -0.05) is 30.4 Å². The second kappa shape index (κ2) is 8.46. The second-order valence-corrected chi connectivity index (χ2v) is 8.49. The molecule has 4 rings (SSSR count). The first kappa shape index (κ1) is 19.8. The lowest BCUT2D eigenvalue weighted by Crippen LogP contribution is -2.47. The zero-order chi connectivity index (χ0) is 20.4. The Morgan fingerprint density at radius 3 is 2.93 bits per heavy atom. The molecule has 0 atom stereocenters. The number of aryl methyl sites for hydroxylation is 1. The van der Waals surface area contributed by atoms with Crippen molar-refractivity contribution in [2.24, 2.45) is 0 Å². The molecule has 0 unspecified atom stereocenters. The Morgan fingerprint density at radius 2 is 2.17 bits per heavy atom. The van der Waals surface area contributed by atoms with E-state index < -0.39 is 0 Å². The Morgan fingerprint density at radius 1 is 1.34 bits per heavy atom. The lowest BCUT2D eigenvalue weighted by atomic mass is 9.93. The van der Waals surface area contributed by atoms with E-state index in [0.29, 0.717) is 12.3 Å². The van der Waals surface area contributed by atoms with E-state index in [1.807, 2.05) is 25.6 Å². The number of allylic oxidation sites excluding steroid dienone is 2. The van der Waals surface area contributed by atoms with Gasteiger partial charge in [0.25, 0.3) is 5.69 Å². The fourth-order valence-corrected chi connectivity index (χ4v) is 5.08. The third-order valence-corrected chi connectivity index (χ3v) is 6.71. The summed E-state index contributed by atoms with van der Waals surface area (Å²) in [4.78, 5) is 15.1. The third kappa shape index (κ3) is 3.84. The molecular formula is C24H27N2O2S+. The Hall–Kier alpha value is -2.53. The van der Waals surface area contributed by atoms with E-state index in [9.17, 15) is 4.79 Å². The first-order chi connectivity index (χ1) is 14.1. The molecule has 0 bridgehead atoms. The van der Waals surface area contributed by atoms with Gasteiger partial charge in [0.05, 0.1) is 11.6 Å². The number of aromatic nitrogens is 1. The van der Waals surface area contributed by atoms with Gasteiger partial charge in [-0.3, -0.25) is 0 Å². The number of fused-ring (bicyclic) bond motifs is 3. The third-order valence-electron chi connectivity index (χ3n) is 5.58. The summed E-state index contributed by atoms with van der Waals surface area (Å²) in [6, 6.07) is 10.7. The minimum atomic E-state index is -0.245. The lowest BCUT2D eigenvalue weighted by Gasteiger charge is -2.18. The number of hydrogen-bond acceptors (Lipinski definition) is 4. The summed E-state index contributed by atoms with van der Waals surface area (Å²) < 4.78 is 7.54. The van der Waals surface area contributed by atoms with Crippen molar-refractivity contribution in [1.29, 1.82) is 0 Å². The number of ether oxygens (including phenoxy) is 1. The number of pyridine rings is 1. The van der Waals surface area contributed by atoms with E-state index in [2.05, 4.69) is 65.1 Å². The molecule has 2 aromatic rings. The minimum Gasteiger partial charge on any atom is -0.458 e. The minimum absolute atomic E-state index is 0.245. The van der Waals surface area contributed by atoms with Crippen LogP contribution in [0, 0.1) is 6.92 Å².